The highest BCUT2D eigenvalue weighted by molar-refractivity contribution is 14.0. The van der Waals surface area contributed by atoms with Crippen LogP contribution in [-0.2, 0) is 13.0 Å². The lowest BCUT2D eigenvalue weighted by atomic mass is 10.1. The maximum absolute atomic E-state index is 4.65. The largest absolute Gasteiger partial charge is 0.357 e. The molecule has 0 aliphatic heterocycles. The number of nitrogens with zero attached hydrogens (tertiary/aromatic N) is 2. The second-order valence-electron chi connectivity index (χ2n) is 6.18. The zero-order valence-corrected chi connectivity index (χ0v) is 18.7. The number of aromatic nitrogens is 1. The van der Waals surface area contributed by atoms with E-state index in [0.29, 0.717) is 12.5 Å². The van der Waals surface area contributed by atoms with Crippen LogP contribution < -0.4 is 10.6 Å². The summed E-state index contributed by atoms with van der Waals surface area (Å²) in [5, 5.41) is 9.90. The second-order valence-corrected chi connectivity index (χ2v) is 7.12. The summed E-state index contributed by atoms with van der Waals surface area (Å²) in [6.45, 7) is 10.9. The molecule has 0 saturated heterocycles. The molecule has 0 fully saturated rings. The highest BCUT2D eigenvalue weighted by atomic mass is 127. The SMILES string of the molecule is CCNC(=NCc1nc(C(C)C)cs1)NCCc1cccc(C)c1.I. The van der Waals surface area contributed by atoms with Crippen LogP contribution in [0.4, 0.5) is 0 Å². The first-order valence-electron chi connectivity index (χ1n) is 8.60. The summed E-state index contributed by atoms with van der Waals surface area (Å²) in [7, 11) is 0. The molecule has 0 unspecified atom stereocenters. The molecule has 2 rings (SSSR count). The average Bonchev–Trinajstić information content (AvgIpc) is 3.02. The van der Waals surface area contributed by atoms with Crippen molar-refractivity contribution >= 4 is 41.3 Å². The van der Waals surface area contributed by atoms with Crippen LogP contribution in [0, 0.1) is 6.92 Å². The first kappa shape index (κ1) is 21.9. The molecule has 0 amide bonds. The highest BCUT2D eigenvalue weighted by Gasteiger charge is 2.05. The van der Waals surface area contributed by atoms with Gasteiger partial charge in [-0.05, 0) is 31.7 Å². The Hall–Kier alpha value is -1.15. The van der Waals surface area contributed by atoms with Gasteiger partial charge in [-0.1, -0.05) is 43.7 Å². The van der Waals surface area contributed by atoms with Gasteiger partial charge in [-0.25, -0.2) is 9.98 Å². The number of hydrogen-bond acceptors (Lipinski definition) is 3. The first-order valence-corrected chi connectivity index (χ1v) is 9.48. The van der Waals surface area contributed by atoms with E-state index in [1.165, 1.54) is 11.1 Å². The second kappa shape index (κ2) is 11.5. The van der Waals surface area contributed by atoms with Crippen molar-refractivity contribution in [3.05, 3.63) is 51.5 Å². The van der Waals surface area contributed by atoms with Crippen molar-refractivity contribution in [3.8, 4) is 0 Å². The Morgan fingerprint density at radius 1 is 1.28 bits per heavy atom. The van der Waals surface area contributed by atoms with Gasteiger partial charge in [-0.15, -0.1) is 35.3 Å². The fourth-order valence-electron chi connectivity index (χ4n) is 2.34. The molecule has 0 aliphatic rings. The highest BCUT2D eigenvalue weighted by Crippen LogP contribution is 2.18. The van der Waals surface area contributed by atoms with Gasteiger partial charge in [-0.2, -0.15) is 0 Å². The molecule has 1 aromatic heterocycles. The van der Waals surface area contributed by atoms with E-state index in [1.54, 1.807) is 11.3 Å². The average molecular weight is 472 g/mol. The summed E-state index contributed by atoms with van der Waals surface area (Å²) < 4.78 is 0. The maximum atomic E-state index is 4.65. The Balaban J connectivity index is 0.00000312. The molecule has 1 aromatic carbocycles. The summed E-state index contributed by atoms with van der Waals surface area (Å²) in [5.74, 6) is 1.33. The fourth-order valence-corrected chi connectivity index (χ4v) is 3.22. The van der Waals surface area contributed by atoms with Gasteiger partial charge >= 0.3 is 0 Å². The lowest BCUT2D eigenvalue weighted by Crippen LogP contribution is -2.38. The third kappa shape index (κ3) is 7.73. The summed E-state index contributed by atoms with van der Waals surface area (Å²) >= 11 is 1.69. The zero-order chi connectivity index (χ0) is 17.4. The van der Waals surface area contributed by atoms with Gasteiger partial charge in [0.15, 0.2) is 5.96 Å². The van der Waals surface area contributed by atoms with E-state index in [1.807, 2.05) is 0 Å². The number of aryl methyl sites for hydroxylation is 1. The van der Waals surface area contributed by atoms with Crippen LogP contribution in [-0.4, -0.2) is 24.0 Å². The van der Waals surface area contributed by atoms with Crippen molar-refractivity contribution in [2.75, 3.05) is 13.1 Å². The number of halogens is 1. The molecule has 0 bridgehead atoms. The number of aliphatic imine (C=N–C) groups is 1. The molecule has 138 valence electrons. The Morgan fingerprint density at radius 2 is 2.08 bits per heavy atom. The minimum absolute atomic E-state index is 0. The van der Waals surface area contributed by atoms with Crippen LogP contribution in [0.25, 0.3) is 0 Å². The quantitative estimate of drug-likeness (QED) is 0.355. The Kier molecular flexibility index (Phi) is 10.0. The van der Waals surface area contributed by atoms with Gasteiger partial charge in [0.25, 0.3) is 0 Å². The van der Waals surface area contributed by atoms with Crippen molar-refractivity contribution in [2.45, 2.75) is 46.6 Å². The van der Waals surface area contributed by atoms with E-state index in [-0.39, 0.29) is 24.0 Å². The molecule has 6 heteroatoms. The Labute approximate surface area is 172 Å². The smallest absolute Gasteiger partial charge is 0.191 e. The summed E-state index contributed by atoms with van der Waals surface area (Å²) in [5.41, 5.74) is 3.81. The van der Waals surface area contributed by atoms with Gasteiger partial charge < -0.3 is 10.6 Å². The minimum Gasteiger partial charge on any atom is -0.357 e. The number of benzene rings is 1. The van der Waals surface area contributed by atoms with Crippen LogP contribution in [0.1, 0.15) is 48.5 Å². The fraction of sp³-hybridized carbons (Fsp3) is 0.474. The van der Waals surface area contributed by atoms with Crippen LogP contribution >= 0.6 is 35.3 Å². The normalized spacial score (nSPS) is 11.3. The van der Waals surface area contributed by atoms with Crippen molar-refractivity contribution < 1.29 is 0 Å². The lowest BCUT2D eigenvalue weighted by molar-refractivity contribution is 0.793. The number of nitrogens with one attached hydrogen (secondary N) is 2. The van der Waals surface area contributed by atoms with Crippen LogP contribution in [0.2, 0.25) is 0 Å². The van der Waals surface area contributed by atoms with E-state index in [9.17, 15) is 0 Å². The minimum atomic E-state index is 0. The Morgan fingerprint density at radius 3 is 2.72 bits per heavy atom. The monoisotopic (exact) mass is 472 g/mol. The zero-order valence-electron chi connectivity index (χ0n) is 15.5. The van der Waals surface area contributed by atoms with E-state index in [4.69, 9.17) is 0 Å². The molecule has 0 radical (unpaired) electrons. The number of thiazole rings is 1. The summed E-state index contributed by atoms with van der Waals surface area (Å²) in [4.78, 5) is 9.28. The van der Waals surface area contributed by atoms with E-state index in [0.717, 1.165) is 36.2 Å². The van der Waals surface area contributed by atoms with Gasteiger partial charge in [0, 0.05) is 18.5 Å². The summed E-state index contributed by atoms with van der Waals surface area (Å²) in [6.07, 6.45) is 0.987. The number of hydrogen-bond donors (Lipinski definition) is 2. The van der Waals surface area contributed by atoms with E-state index in [2.05, 4.69) is 78.0 Å². The van der Waals surface area contributed by atoms with Crippen molar-refractivity contribution in [1.29, 1.82) is 0 Å². The van der Waals surface area contributed by atoms with E-state index < -0.39 is 0 Å². The van der Waals surface area contributed by atoms with Crippen LogP contribution in [0.3, 0.4) is 0 Å². The molecule has 0 spiro atoms. The Bertz CT molecular complexity index is 667. The standard InChI is InChI=1S/C19H28N4S.HI/c1-5-20-19(21-10-9-16-8-6-7-15(4)11-16)22-12-18-23-17(13-24-18)14(2)3;/h6-8,11,13-14H,5,9-10,12H2,1-4H3,(H2,20,21,22);1H. The molecule has 25 heavy (non-hydrogen) atoms. The van der Waals surface area contributed by atoms with E-state index >= 15 is 0 Å². The molecular weight excluding hydrogens is 443 g/mol. The molecular formula is C19H29IN4S. The molecule has 1 heterocycles. The van der Waals surface area contributed by atoms with Crippen LogP contribution in [0.15, 0.2) is 34.6 Å². The van der Waals surface area contributed by atoms with Crippen LogP contribution in [0.5, 0.6) is 0 Å². The molecule has 4 nitrogen and oxygen atoms in total. The molecule has 0 saturated carbocycles. The van der Waals surface area contributed by atoms with Gasteiger partial charge in [-0.3, -0.25) is 0 Å². The first-order chi connectivity index (χ1) is 11.6. The number of rotatable bonds is 7. The number of guanidine groups is 1. The maximum Gasteiger partial charge on any atom is 0.191 e. The topological polar surface area (TPSA) is 49.3 Å². The molecule has 2 N–H and O–H groups in total. The lowest BCUT2D eigenvalue weighted by Gasteiger charge is -2.11. The molecule has 0 aliphatic carbocycles. The van der Waals surface area contributed by atoms with Crippen molar-refractivity contribution in [1.82, 2.24) is 15.6 Å². The molecule has 2 aromatic rings. The third-order valence-corrected chi connectivity index (χ3v) is 4.52. The van der Waals surface area contributed by atoms with Gasteiger partial charge in [0.2, 0.25) is 0 Å². The third-order valence-electron chi connectivity index (χ3n) is 3.67. The van der Waals surface area contributed by atoms with Gasteiger partial charge in [0.05, 0.1) is 12.2 Å². The summed E-state index contributed by atoms with van der Waals surface area (Å²) in [6, 6.07) is 8.64. The predicted octanol–water partition coefficient (Wildman–Crippen LogP) is 4.49. The predicted molar refractivity (Wildman–Crippen MR) is 119 cm³/mol. The molecule has 0 atom stereocenters. The van der Waals surface area contributed by atoms with Crippen molar-refractivity contribution in [3.63, 3.8) is 0 Å². The van der Waals surface area contributed by atoms with Crippen molar-refractivity contribution in [2.24, 2.45) is 4.99 Å². The van der Waals surface area contributed by atoms with Gasteiger partial charge in [0.1, 0.15) is 5.01 Å².